The third kappa shape index (κ3) is 9.71. The molecule has 0 fully saturated rings. The van der Waals surface area contributed by atoms with Crippen LogP contribution in [0.25, 0.3) is 67.3 Å². The zero-order valence-corrected chi connectivity index (χ0v) is 53.5. The molecule has 16 rings (SSSR count). The summed E-state index contributed by atoms with van der Waals surface area (Å²) in [6, 6.07) is 13.2. The van der Waals surface area contributed by atoms with Gasteiger partial charge in [-0.05, 0) is 236 Å². The molecule has 5 aliphatic rings. The van der Waals surface area contributed by atoms with Crippen LogP contribution in [0.2, 0.25) is 0 Å². The van der Waals surface area contributed by atoms with Crippen molar-refractivity contribution in [3.8, 4) is 56.3 Å². The van der Waals surface area contributed by atoms with Crippen molar-refractivity contribution in [1.29, 1.82) is 0 Å². The average molecular weight is 1130 g/mol. The normalized spacial score (nSPS) is 12.5. The van der Waals surface area contributed by atoms with E-state index in [1.165, 1.54) is 161 Å². The summed E-state index contributed by atoms with van der Waals surface area (Å²) >= 11 is 0. The van der Waals surface area contributed by atoms with Crippen LogP contribution >= 0.6 is 0 Å². The molecule has 5 aliphatic carbocycles. The third-order valence-electron chi connectivity index (χ3n) is 19.9. The van der Waals surface area contributed by atoms with E-state index in [9.17, 15) is 0 Å². The van der Waals surface area contributed by atoms with Crippen molar-refractivity contribution in [3.63, 3.8) is 0 Å². The molecule has 8 heterocycles. The number of fused-ring (bicyclic) bond motifs is 17. The first-order valence-corrected chi connectivity index (χ1v) is 30.2. The average Bonchev–Trinajstić information content (AvgIpc) is 1.83. The van der Waals surface area contributed by atoms with Crippen molar-refractivity contribution in [2.75, 3.05) is 0 Å². The van der Waals surface area contributed by atoms with Gasteiger partial charge in [-0.25, -0.2) is 9.97 Å². The lowest BCUT2D eigenvalue weighted by molar-refractivity contribution is 0.572. The first-order valence-electron chi connectivity index (χ1n) is 30.2. The predicted octanol–water partition coefficient (Wildman–Crippen LogP) is 17.1. The Morgan fingerprint density at radius 2 is 0.698 bits per heavy atom. The summed E-state index contributed by atoms with van der Waals surface area (Å²) in [5.41, 5.74) is 48.1. The van der Waals surface area contributed by atoms with E-state index < -0.39 is 0 Å². The van der Waals surface area contributed by atoms with Crippen LogP contribution in [0.3, 0.4) is 0 Å². The van der Waals surface area contributed by atoms with Crippen LogP contribution in [0.4, 0.5) is 0 Å². The Morgan fingerprint density at radius 3 is 1.23 bits per heavy atom. The number of aryl methyl sites for hydroxylation is 11. The van der Waals surface area contributed by atoms with E-state index in [0.29, 0.717) is 0 Å². The van der Waals surface area contributed by atoms with E-state index in [1.807, 2.05) is 58.0 Å². The summed E-state index contributed by atoms with van der Waals surface area (Å²) in [6.45, 7) is 38.4. The second kappa shape index (κ2) is 22.2. The van der Waals surface area contributed by atoms with Crippen LogP contribution in [-0.4, -0.2) is 44.9 Å². The molecular formula is C76H77N9O. The van der Waals surface area contributed by atoms with E-state index in [2.05, 4.69) is 185 Å². The van der Waals surface area contributed by atoms with E-state index >= 15 is 0 Å². The van der Waals surface area contributed by atoms with Gasteiger partial charge in [-0.1, -0.05) is 36.4 Å². The van der Waals surface area contributed by atoms with Gasteiger partial charge in [0.25, 0.3) is 0 Å². The van der Waals surface area contributed by atoms with Gasteiger partial charge in [-0.15, -0.1) is 0 Å². The Kier molecular flexibility index (Phi) is 14.8. The van der Waals surface area contributed by atoms with Gasteiger partial charge < -0.3 is 4.42 Å². The zero-order chi connectivity index (χ0) is 60.9. The minimum atomic E-state index is 0.937. The second-order valence-electron chi connectivity index (χ2n) is 24.7. The first kappa shape index (κ1) is 57.5. The summed E-state index contributed by atoms with van der Waals surface area (Å²) < 4.78 is 6.02. The zero-order valence-electron chi connectivity index (χ0n) is 53.5. The van der Waals surface area contributed by atoms with E-state index in [-0.39, 0.29) is 0 Å². The second-order valence-corrected chi connectivity index (χ2v) is 24.7. The smallest absolute Gasteiger partial charge is 0.138 e. The standard InChI is InChI=1S/C18H17NO.C16H17N.C15H16N2.C14H14N2.C13H13N3/c1-9-8-19-17-14-6-5-13-11(3)12(4)20-18(13)16(14)7-15(17)10(9)2;1-9-5-6-13-14(11(9)3)7-15-12(4)10(2)8-17-16(13)15;1-8-6-17-15-13(9(8)2)5-12-10(3)11(4)16-7-14(12)15;1-8-4-5-11-12(10(8)3)6-13-14(11)15-7-9(2)16-13;1-7-8(2)14-5-12-10(7)4-11-9(3)15-6-16-13(11)12/h5-6,8H,7H2,1-4H3;5-6,8H,7H2,1-4H3;6-7H,5H2,1-4H3;4-5,7H,6H2,1-3H3;5-6H,4H2,1-3H3. The van der Waals surface area contributed by atoms with Crippen molar-refractivity contribution in [2.45, 2.75) is 157 Å². The van der Waals surface area contributed by atoms with Gasteiger partial charge in [0, 0.05) is 131 Å². The molecule has 432 valence electrons. The third-order valence-corrected chi connectivity index (χ3v) is 19.9. The number of pyridine rings is 5. The minimum Gasteiger partial charge on any atom is -0.461 e. The SMILES string of the molecule is Cc1ccc2c(c1C)Cc1c-2ncc(C)c1C.Cc1cnc2c(c1C)Cc1c-2ccc2c(C)c(C)oc12.Cc1cnc2c(c1C)Cc1c-2cnc(C)c1C.Cc1cnc2c(n1)Cc1c-2ccc(C)c1C.Cc1ncc2c(c1C)Cc1c(C)ncnc1-2. The van der Waals surface area contributed by atoms with Crippen LogP contribution in [0.1, 0.15) is 157 Å². The Hall–Kier alpha value is -8.89. The number of benzene rings is 3. The lowest BCUT2D eigenvalue weighted by atomic mass is 9.99. The number of aromatic nitrogens is 9. The number of nitrogens with zero attached hydrogens (tertiary/aromatic N) is 9. The monoisotopic (exact) mass is 1130 g/mol. The van der Waals surface area contributed by atoms with Crippen LogP contribution in [0.15, 0.2) is 84.3 Å². The Bertz CT molecular complexity index is 4430. The summed E-state index contributed by atoms with van der Waals surface area (Å²) in [7, 11) is 0. The van der Waals surface area contributed by atoms with Gasteiger partial charge in [0.2, 0.25) is 0 Å². The highest BCUT2D eigenvalue weighted by molar-refractivity contribution is 5.93. The highest BCUT2D eigenvalue weighted by Crippen LogP contribution is 2.45. The Balaban J connectivity index is 0.000000105. The summed E-state index contributed by atoms with van der Waals surface area (Å²) in [6.07, 6.45) is 18.2. The largest absolute Gasteiger partial charge is 0.461 e. The van der Waals surface area contributed by atoms with Crippen molar-refractivity contribution in [3.05, 3.63) is 237 Å². The molecule has 10 heteroatoms. The maximum atomic E-state index is 6.02. The maximum absolute atomic E-state index is 6.02. The Labute approximate surface area is 507 Å². The number of rotatable bonds is 0. The molecule has 0 spiro atoms. The van der Waals surface area contributed by atoms with Crippen molar-refractivity contribution >= 4 is 11.0 Å². The van der Waals surface area contributed by atoms with Crippen molar-refractivity contribution in [1.82, 2.24) is 44.9 Å². The van der Waals surface area contributed by atoms with Crippen LogP contribution in [0, 0.1) is 125 Å². The molecule has 0 N–H and O–H groups in total. The van der Waals surface area contributed by atoms with Crippen LogP contribution in [0.5, 0.6) is 0 Å². The van der Waals surface area contributed by atoms with Gasteiger partial charge in [0.05, 0.1) is 39.9 Å². The van der Waals surface area contributed by atoms with Crippen LogP contribution in [-0.2, 0) is 32.1 Å². The number of furan rings is 1. The summed E-state index contributed by atoms with van der Waals surface area (Å²) in [5, 5.41) is 1.24. The maximum Gasteiger partial charge on any atom is 0.138 e. The van der Waals surface area contributed by atoms with E-state index in [1.54, 1.807) is 6.33 Å². The molecular weight excluding hydrogens is 1050 g/mol. The fraction of sp³-hybridized carbons (Fsp3) is 0.303. The summed E-state index contributed by atoms with van der Waals surface area (Å²) in [4.78, 5) is 40.5. The highest BCUT2D eigenvalue weighted by Gasteiger charge is 2.30. The quantitative estimate of drug-likeness (QED) is 0.145. The molecule has 0 bridgehead atoms. The molecule has 0 amide bonds. The first-order chi connectivity index (χ1) is 41.1. The van der Waals surface area contributed by atoms with Gasteiger partial charge in [0.1, 0.15) is 17.7 Å². The number of hydrogen-bond acceptors (Lipinski definition) is 10. The molecule has 0 unspecified atom stereocenters. The molecule has 0 aliphatic heterocycles. The molecule has 0 saturated carbocycles. The topological polar surface area (TPSA) is 129 Å². The molecule has 0 atom stereocenters. The molecule has 0 radical (unpaired) electrons. The highest BCUT2D eigenvalue weighted by atomic mass is 16.3. The molecule has 3 aromatic carbocycles. The molecule has 0 saturated heterocycles. The predicted molar refractivity (Wildman–Crippen MR) is 349 cm³/mol. The van der Waals surface area contributed by atoms with Gasteiger partial charge in [-0.3, -0.25) is 34.9 Å². The lowest BCUT2D eigenvalue weighted by Gasteiger charge is -2.06. The minimum absolute atomic E-state index is 0.937. The Morgan fingerprint density at radius 1 is 0.291 bits per heavy atom. The van der Waals surface area contributed by atoms with Crippen LogP contribution < -0.4 is 0 Å². The van der Waals surface area contributed by atoms with E-state index in [0.717, 1.165) is 94.7 Å². The molecule has 11 aromatic rings. The fourth-order valence-electron chi connectivity index (χ4n) is 13.2. The van der Waals surface area contributed by atoms with Crippen molar-refractivity contribution < 1.29 is 4.42 Å². The van der Waals surface area contributed by atoms with Gasteiger partial charge in [-0.2, -0.15) is 0 Å². The lowest BCUT2D eigenvalue weighted by Crippen LogP contribution is -1.93. The van der Waals surface area contributed by atoms with E-state index in [4.69, 9.17) is 4.42 Å². The van der Waals surface area contributed by atoms with Crippen molar-refractivity contribution in [2.24, 2.45) is 0 Å². The summed E-state index contributed by atoms with van der Waals surface area (Å²) in [5.74, 6) is 1.02. The molecule has 86 heavy (non-hydrogen) atoms. The van der Waals surface area contributed by atoms with Gasteiger partial charge >= 0.3 is 0 Å². The fourth-order valence-corrected chi connectivity index (χ4v) is 13.2. The molecule has 10 nitrogen and oxygen atoms in total. The molecule has 8 aromatic heterocycles. The van der Waals surface area contributed by atoms with Gasteiger partial charge in [0.15, 0.2) is 0 Å². The number of hydrogen-bond donors (Lipinski definition) is 0.